The van der Waals surface area contributed by atoms with Gasteiger partial charge in [-0.25, -0.2) is 0 Å². The molecule has 3 nitrogen and oxygen atoms in total. The van der Waals surface area contributed by atoms with Crippen LogP contribution in [-0.4, -0.2) is 18.5 Å². The Labute approximate surface area is 150 Å². The molecule has 1 aliphatic rings. The number of carbonyl (C=O) groups is 1. The molecule has 132 valence electrons. The lowest BCUT2D eigenvalue weighted by Gasteiger charge is -2.27. The van der Waals surface area contributed by atoms with E-state index in [0.717, 1.165) is 11.1 Å². The van der Waals surface area contributed by atoms with E-state index < -0.39 is 0 Å². The van der Waals surface area contributed by atoms with Gasteiger partial charge in [0.2, 0.25) is 0 Å². The van der Waals surface area contributed by atoms with Gasteiger partial charge in [0.1, 0.15) is 0 Å². The molecule has 3 rings (SSSR count). The second-order valence-electron chi connectivity index (χ2n) is 7.19. The predicted molar refractivity (Wildman–Crippen MR) is 101 cm³/mol. The van der Waals surface area contributed by atoms with Gasteiger partial charge in [-0.15, -0.1) is 0 Å². The molecule has 1 fully saturated rings. The third kappa shape index (κ3) is 4.93. The molecule has 0 radical (unpaired) electrons. The number of benzene rings is 2. The summed E-state index contributed by atoms with van der Waals surface area (Å²) in [6.45, 7) is 2.82. The number of quaternary nitrogens is 1. The molecule has 3 N–H and O–H groups in total. The Morgan fingerprint density at radius 2 is 1.56 bits per heavy atom. The monoisotopic (exact) mass is 337 g/mol. The highest BCUT2D eigenvalue weighted by molar-refractivity contribution is 5.77. The molecule has 1 amide bonds. The molecular weight excluding hydrogens is 308 g/mol. The zero-order valence-electron chi connectivity index (χ0n) is 15.0. The first-order valence-electron chi connectivity index (χ1n) is 9.46. The molecular formula is C22H29N2O+. The minimum Gasteiger partial charge on any atom is -0.340 e. The zero-order valence-corrected chi connectivity index (χ0v) is 15.0. The van der Waals surface area contributed by atoms with Gasteiger partial charge in [0.25, 0.3) is 5.91 Å². The predicted octanol–water partition coefficient (Wildman–Crippen LogP) is 3.03. The number of carbonyl (C=O) groups excluding carboxylic acids is 1. The van der Waals surface area contributed by atoms with Crippen LogP contribution < -0.4 is 10.6 Å². The molecule has 3 heteroatoms. The number of hydrogen-bond donors (Lipinski definition) is 2. The second kappa shape index (κ2) is 8.82. The highest BCUT2D eigenvalue weighted by atomic mass is 16.2. The fraction of sp³-hybridized carbons (Fsp3) is 0.409. The number of nitrogens with one attached hydrogen (secondary N) is 1. The number of nitrogens with two attached hydrogens (primary N) is 1. The number of rotatable bonds is 6. The van der Waals surface area contributed by atoms with Gasteiger partial charge in [-0.05, 0) is 30.4 Å². The van der Waals surface area contributed by atoms with Crippen molar-refractivity contribution in [3.63, 3.8) is 0 Å². The first-order valence-corrected chi connectivity index (χ1v) is 9.46. The van der Waals surface area contributed by atoms with Crippen LogP contribution in [0.4, 0.5) is 0 Å². The van der Waals surface area contributed by atoms with Crippen LogP contribution in [-0.2, 0) is 4.79 Å². The SMILES string of the molecule is C[C@@H]1CCCC[C@H]1[NH2+]CC(=O)NC(c1ccccc1)c1ccccc1. The molecule has 1 aliphatic carbocycles. The topological polar surface area (TPSA) is 45.7 Å². The zero-order chi connectivity index (χ0) is 17.5. The highest BCUT2D eigenvalue weighted by Crippen LogP contribution is 2.22. The lowest BCUT2D eigenvalue weighted by atomic mass is 9.86. The first kappa shape index (κ1) is 17.7. The number of hydrogen-bond acceptors (Lipinski definition) is 1. The maximum Gasteiger partial charge on any atom is 0.275 e. The first-order chi connectivity index (χ1) is 12.2. The van der Waals surface area contributed by atoms with E-state index in [1.165, 1.54) is 25.7 Å². The average molecular weight is 337 g/mol. The normalized spacial score (nSPS) is 20.4. The Morgan fingerprint density at radius 1 is 1.00 bits per heavy atom. The summed E-state index contributed by atoms with van der Waals surface area (Å²) >= 11 is 0. The Bertz CT molecular complexity index is 617. The van der Waals surface area contributed by atoms with Crippen LogP contribution in [0, 0.1) is 5.92 Å². The van der Waals surface area contributed by atoms with E-state index in [-0.39, 0.29) is 11.9 Å². The van der Waals surface area contributed by atoms with Crippen molar-refractivity contribution in [2.24, 2.45) is 5.92 Å². The van der Waals surface area contributed by atoms with Gasteiger partial charge in [0.05, 0.1) is 12.1 Å². The van der Waals surface area contributed by atoms with Gasteiger partial charge < -0.3 is 10.6 Å². The van der Waals surface area contributed by atoms with E-state index in [9.17, 15) is 4.79 Å². The molecule has 0 aliphatic heterocycles. The standard InChI is InChI=1S/C22H28N2O/c1-17-10-8-9-15-20(17)23-16-21(25)24-22(18-11-4-2-5-12-18)19-13-6-3-7-14-19/h2-7,11-14,17,20,22-23H,8-10,15-16H2,1H3,(H,24,25)/p+1/t17-,20-/m1/s1. The van der Waals surface area contributed by atoms with Crippen LogP contribution >= 0.6 is 0 Å². The molecule has 2 aromatic rings. The van der Waals surface area contributed by atoms with Crippen molar-refractivity contribution in [3.05, 3.63) is 71.8 Å². The maximum atomic E-state index is 12.6. The van der Waals surface area contributed by atoms with Crippen molar-refractivity contribution in [1.82, 2.24) is 5.32 Å². The Balaban J connectivity index is 1.65. The third-order valence-corrected chi connectivity index (χ3v) is 5.35. The molecule has 1 saturated carbocycles. The summed E-state index contributed by atoms with van der Waals surface area (Å²) in [4.78, 5) is 12.6. The van der Waals surface area contributed by atoms with Gasteiger partial charge in [-0.3, -0.25) is 4.79 Å². The van der Waals surface area contributed by atoms with E-state index in [4.69, 9.17) is 0 Å². The minimum absolute atomic E-state index is 0.0907. The van der Waals surface area contributed by atoms with Crippen LogP contribution in [0.1, 0.15) is 49.8 Å². The molecule has 0 heterocycles. The van der Waals surface area contributed by atoms with Crippen LogP contribution in [0.3, 0.4) is 0 Å². The van der Waals surface area contributed by atoms with Crippen molar-refractivity contribution < 1.29 is 10.1 Å². The van der Waals surface area contributed by atoms with Crippen molar-refractivity contribution in [2.75, 3.05) is 6.54 Å². The lowest BCUT2D eigenvalue weighted by Crippen LogP contribution is -2.93. The van der Waals surface area contributed by atoms with Gasteiger partial charge in [-0.2, -0.15) is 0 Å². The van der Waals surface area contributed by atoms with Crippen molar-refractivity contribution in [2.45, 2.75) is 44.7 Å². The molecule has 25 heavy (non-hydrogen) atoms. The van der Waals surface area contributed by atoms with Gasteiger partial charge in [0, 0.05) is 5.92 Å². The molecule has 0 bridgehead atoms. The van der Waals surface area contributed by atoms with Crippen LogP contribution in [0.5, 0.6) is 0 Å². The van der Waals surface area contributed by atoms with E-state index in [0.29, 0.717) is 18.5 Å². The van der Waals surface area contributed by atoms with Crippen LogP contribution in [0.15, 0.2) is 60.7 Å². The highest BCUT2D eigenvalue weighted by Gasteiger charge is 2.25. The van der Waals surface area contributed by atoms with Crippen molar-refractivity contribution in [1.29, 1.82) is 0 Å². The summed E-state index contributed by atoms with van der Waals surface area (Å²) < 4.78 is 0. The second-order valence-corrected chi connectivity index (χ2v) is 7.19. The number of amides is 1. The Morgan fingerprint density at radius 3 is 2.12 bits per heavy atom. The van der Waals surface area contributed by atoms with Gasteiger partial charge >= 0.3 is 0 Å². The van der Waals surface area contributed by atoms with Crippen molar-refractivity contribution >= 4 is 5.91 Å². The molecule has 0 aromatic heterocycles. The summed E-state index contributed by atoms with van der Waals surface area (Å²) in [6.07, 6.45) is 5.15. The van der Waals surface area contributed by atoms with E-state index in [1.807, 2.05) is 36.4 Å². The van der Waals surface area contributed by atoms with Crippen LogP contribution in [0.2, 0.25) is 0 Å². The summed E-state index contributed by atoms with van der Waals surface area (Å²) in [7, 11) is 0. The molecule has 0 unspecified atom stereocenters. The van der Waals surface area contributed by atoms with E-state index in [2.05, 4.69) is 41.8 Å². The Hall–Kier alpha value is -2.13. The smallest absolute Gasteiger partial charge is 0.275 e. The molecule has 0 spiro atoms. The van der Waals surface area contributed by atoms with Crippen molar-refractivity contribution in [3.8, 4) is 0 Å². The van der Waals surface area contributed by atoms with Gasteiger partial charge in [-0.1, -0.05) is 74.0 Å². The maximum absolute atomic E-state index is 12.6. The fourth-order valence-corrected chi connectivity index (χ4v) is 3.82. The summed E-state index contributed by atoms with van der Waals surface area (Å²) in [5, 5.41) is 5.48. The summed E-state index contributed by atoms with van der Waals surface area (Å²) in [5.74, 6) is 0.816. The lowest BCUT2D eigenvalue weighted by molar-refractivity contribution is -0.687. The van der Waals surface area contributed by atoms with Gasteiger partial charge in [0.15, 0.2) is 6.54 Å². The summed E-state index contributed by atoms with van der Waals surface area (Å²) in [6, 6.07) is 20.9. The van der Waals surface area contributed by atoms with E-state index in [1.54, 1.807) is 0 Å². The molecule has 2 aromatic carbocycles. The molecule has 0 saturated heterocycles. The average Bonchev–Trinajstić information content (AvgIpc) is 2.67. The fourth-order valence-electron chi connectivity index (χ4n) is 3.82. The minimum atomic E-state index is -0.0907. The summed E-state index contributed by atoms with van der Waals surface area (Å²) in [5.41, 5.74) is 2.24. The van der Waals surface area contributed by atoms with E-state index >= 15 is 0 Å². The largest absolute Gasteiger partial charge is 0.340 e. The molecule has 2 atom stereocenters. The Kier molecular flexibility index (Phi) is 6.24. The van der Waals surface area contributed by atoms with Crippen LogP contribution in [0.25, 0.3) is 0 Å². The quantitative estimate of drug-likeness (QED) is 0.836. The third-order valence-electron chi connectivity index (χ3n) is 5.35.